The second-order valence-corrected chi connectivity index (χ2v) is 7.60. The largest absolute Gasteiger partial charge is 0.490 e. The van der Waals surface area contributed by atoms with E-state index in [1.807, 2.05) is 6.92 Å². The van der Waals surface area contributed by atoms with Crippen LogP contribution in [0.4, 0.5) is 0 Å². The van der Waals surface area contributed by atoms with Crippen LogP contribution in [0.5, 0.6) is 5.75 Å². The zero-order valence-electron chi connectivity index (χ0n) is 14.8. The predicted molar refractivity (Wildman–Crippen MR) is 102 cm³/mol. The first kappa shape index (κ1) is 19.6. The zero-order valence-corrected chi connectivity index (χ0v) is 16.4. The van der Waals surface area contributed by atoms with Crippen LogP contribution in [-0.2, 0) is 9.53 Å². The number of hydrogen-bond acceptors (Lipinski definition) is 6. The van der Waals surface area contributed by atoms with Gasteiger partial charge in [0.2, 0.25) is 5.91 Å². The van der Waals surface area contributed by atoms with E-state index in [1.54, 1.807) is 34.0 Å². The third-order valence-corrected chi connectivity index (χ3v) is 5.33. The number of benzene rings is 1. The minimum atomic E-state index is -1.01. The number of aromatic nitrogens is 1. The van der Waals surface area contributed by atoms with Gasteiger partial charge in [-0.15, -0.1) is 11.3 Å². The number of nitrogens with zero attached hydrogens (tertiary/aromatic N) is 2. The summed E-state index contributed by atoms with van der Waals surface area (Å²) in [4.78, 5) is 30.0. The number of thiazole rings is 1. The lowest BCUT2D eigenvalue weighted by Gasteiger charge is -2.41. The Morgan fingerprint density at radius 3 is 2.96 bits per heavy atom. The van der Waals surface area contributed by atoms with Gasteiger partial charge in [0.05, 0.1) is 25.1 Å². The molecule has 2 aromatic rings. The van der Waals surface area contributed by atoms with Crippen LogP contribution in [0.25, 0.3) is 0 Å². The van der Waals surface area contributed by atoms with Gasteiger partial charge in [-0.05, 0) is 30.7 Å². The molecule has 1 aliphatic rings. The highest BCUT2D eigenvalue weighted by molar-refractivity contribution is 7.07. The van der Waals surface area contributed by atoms with Crippen LogP contribution >= 0.6 is 22.9 Å². The topological polar surface area (TPSA) is 94.8 Å². The van der Waals surface area contributed by atoms with Gasteiger partial charge in [0, 0.05) is 16.9 Å². The van der Waals surface area contributed by atoms with E-state index in [2.05, 4.69) is 4.98 Å². The van der Waals surface area contributed by atoms with E-state index >= 15 is 0 Å². The lowest BCUT2D eigenvalue weighted by atomic mass is 9.97. The van der Waals surface area contributed by atoms with Crippen molar-refractivity contribution in [3.8, 4) is 5.75 Å². The Hall–Kier alpha value is -2.16. The van der Waals surface area contributed by atoms with Crippen LogP contribution in [0.15, 0.2) is 29.1 Å². The molecule has 1 saturated heterocycles. The molecule has 0 saturated carbocycles. The number of amides is 2. The number of morpholine rings is 1. The summed E-state index contributed by atoms with van der Waals surface area (Å²) >= 11 is 7.39. The Balaban J connectivity index is 1.75. The number of hydrogen-bond donors (Lipinski definition) is 1. The van der Waals surface area contributed by atoms with Gasteiger partial charge in [-0.1, -0.05) is 11.6 Å². The van der Waals surface area contributed by atoms with Crippen LogP contribution in [0.2, 0.25) is 5.02 Å². The smallest absolute Gasteiger partial charge is 0.273 e. The van der Waals surface area contributed by atoms with Crippen LogP contribution in [-0.4, -0.2) is 53.6 Å². The second-order valence-electron chi connectivity index (χ2n) is 6.47. The zero-order chi connectivity index (χ0) is 19.4. The quantitative estimate of drug-likeness (QED) is 0.789. The third-order valence-electron chi connectivity index (χ3n) is 4.31. The molecule has 144 valence electrons. The van der Waals surface area contributed by atoms with Crippen LogP contribution in [0.3, 0.4) is 0 Å². The maximum atomic E-state index is 12.6. The van der Waals surface area contributed by atoms with Crippen molar-refractivity contribution in [2.45, 2.75) is 18.9 Å². The Labute approximate surface area is 166 Å². The molecule has 0 unspecified atom stereocenters. The summed E-state index contributed by atoms with van der Waals surface area (Å²) in [6.07, 6.45) is -0.0551. The summed E-state index contributed by atoms with van der Waals surface area (Å²) < 4.78 is 11.7. The number of aryl methyl sites for hydroxylation is 1. The molecule has 27 heavy (non-hydrogen) atoms. The van der Waals surface area contributed by atoms with Crippen LogP contribution in [0.1, 0.15) is 22.5 Å². The summed E-state index contributed by atoms with van der Waals surface area (Å²) in [5.74, 6) is -0.114. The monoisotopic (exact) mass is 409 g/mol. The molecule has 2 heterocycles. The molecule has 1 aromatic carbocycles. The van der Waals surface area contributed by atoms with Crippen molar-refractivity contribution < 1.29 is 19.1 Å². The van der Waals surface area contributed by atoms with E-state index < -0.39 is 11.5 Å². The average molecular weight is 410 g/mol. The molecule has 1 aliphatic heterocycles. The fraction of sp³-hybridized carbons (Fsp3) is 0.389. The number of rotatable bonds is 6. The Morgan fingerprint density at radius 1 is 1.48 bits per heavy atom. The maximum Gasteiger partial charge on any atom is 0.273 e. The molecule has 1 aromatic heterocycles. The second kappa shape index (κ2) is 8.24. The van der Waals surface area contributed by atoms with Crippen molar-refractivity contribution in [2.75, 3.05) is 26.3 Å². The van der Waals surface area contributed by atoms with E-state index in [1.165, 1.54) is 11.3 Å². The van der Waals surface area contributed by atoms with Crippen molar-refractivity contribution in [2.24, 2.45) is 5.73 Å². The SMILES string of the molecule is Cc1cc(OC[C@@]2(CC(N)=O)CN(C(=O)c3cscn3)CCO2)ccc1Cl. The number of primary amides is 1. The predicted octanol–water partition coefficient (Wildman–Crippen LogP) is 2.27. The van der Waals surface area contributed by atoms with Gasteiger partial charge >= 0.3 is 0 Å². The summed E-state index contributed by atoms with van der Waals surface area (Å²) in [5, 5.41) is 2.34. The van der Waals surface area contributed by atoms with Crippen molar-refractivity contribution in [1.29, 1.82) is 0 Å². The molecule has 9 heteroatoms. The fourth-order valence-corrected chi connectivity index (χ4v) is 3.63. The van der Waals surface area contributed by atoms with Crippen LogP contribution in [0, 0.1) is 6.92 Å². The van der Waals surface area contributed by atoms with Gasteiger partial charge in [0.1, 0.15) is 23.7 Å². The molecule has 2 amide bonds. The van der Waals surface area contributed by atoms with Gasteiger partial charge in [0.25, 0.3) is 5.91 Å². The van der Waals surface area contributed by atoms with Gasteiger partial charge in [-0.3, -0.25) is 9.59 Å². The summed E-state index contributed by atoms with van der Waals surface area (Å²) in [6, 6.07) is 5.29. The van der Waals surface area contributed by atoms with Gasteiger partial charge in [-0.25, -0.2) is 4.98 Å². The first-order valence-corrected chi connectivity index (χ1v) is 9.69. The number of carbonyl (C=O) groups excluding carboxylic acids is 2. The van der Waals surface area contributed by atoms with E-state index in [0.717, 1.165) is 5.56 Å². The van der Waals surface area contributed by atoms with Crippen molar-refractivity contribution in [1.82, 2.24) is 9.88 Å². The molecule has 2 N–H and O–H groups in total. The highest BCUT2D eigenvalue weighted by atomic mass is 35.5. The molecule has 1 fully saturated rings. The Bertz CT molecular complexity index is 830. The lowest BCUT2D eigenvalue weighted by molar-refractivity contribution is -0.142. The van der Waals surface area contributed by atoms with Gasteiger partial charge in [-0.2, -0.15) is 0 Å². The third kappa shape index (κ3) is 4.77. The first-order valence-electron chi connectivity index (χ1n) is 8.37. The summed E-state index contributed by atoms with van der Waals surface area (Å²) in [6.45, 7) is 2.85. The Kier molecular flexibility index (Phi) is 5.98. The minimum absolute atomic E-state index is 0.0551. The molecular weight excluding hydrogens is 390 g/mol. The van der Waals surface area contributed by atoms with E-state index in [0.29, 0.717) is 23.0 Å². The number of halogens is 1. The van der Waals surface area contributed by atoms with Gasteiger partial charge in [0.15, 0.2) is 0 Å². The molecule has 0 spiro atoms. The number of carbonyl (C=O) groups is 2. The highest BCUT2D eigenvalue weighted by Gasteiger charge is 2.41. The molecule has 3 rings (SSSR count). The molecular formula is C18H20ClN3O4S. The van der Waals surface area contributed by atoms with E-state index in [9.17, 15) is 9.59 Å². The van der Waals surface area contributed by atoms with Crippen molar-refractivity contribution in [3.05, 3.63) is 45.4 Å². The molecule has 0 radical (unpaired) electrons. The van der Waals surface area contributed by atoms with Gasteiger partial charge < -0.3 is 20.1 Å². The number of nitrogens with two attached hydrogens (primary N) is 1. The highest BCUT2D eigenvalue weighted by Crippen LogP contribution is 2.27. The Morgan fingerprint density at radius 2 is 2.30 bits per heavy atom. The minimum Gasteiger partial charge on any atom is -0.490 e. The number of ether oxygens (including phenoxy) is 2. The average Bonchev–Trinajstić information content (AvgIpc) is 3.16. The summed E-state index contributed by atoms with van der Waals surface area (Å²) in [7, 11) is 0. The molecule has 1 atom stereocenters. The molecule has 7 nitrogen and oxygen atoms in total. The van der Waals surface area contributed by atoms with Crippen LogP contribution < -0.4 is 10.5 Å². The fourth-order valence-electron chi connectivity index (χ4n) is 2.98. The van der Waals surface area contributed by atoms with E-state index in [4.69, 9.17) is 26.8 Å². The molecule has 0 bridgehead atoms. The lowest BCUT2D eigenvalue weighted by Crippen LogP contribution is -2.58. The molecule has 0 aliphatic carbocycles. The first-order chi connectivity index (χ1) is 12.9. The maximum absolute atomic E-state index is 12.6. The van der Waals surface area contributed by atoms with E-state index in [-0.39, 0.29) is 32.1 Å². The normalized spacial score (nSPS) is 19.7. The summed E-state index contributed by atoms with van der Waals surface area (Å²) in [5.41, 5.74) is 7.28. The van der Waals surface area contributed by atoms with Crippen molar-refractivity contribution >= 4 is 34.8 Å². The standard InChI is InChI=1S/C18H20ClN3O4S/c1-12-6-13(2-3-14(12)19)25-10-18(7-16(20)23)9-22(4-5-26-18)17(24)15-8-27-11-21-15/h2-3,6,8,11H,4-5,7,9-10H2,1H3,(H2,20,23)/t18-/m1/s1. The van der Waals surface area contributed by atoms with Crippen molar-refractivity contribution in [3.63, 3.8) is 0 Å².